The Hall–Kier alpha value is -3.83. The number of fused-ring (bicyclic) bond motifs is 1. The van der Waals surface area contributed by atoms with Crippen LogP contribution < -0.4 is 10.5 Å². The maximum Gasteiger partial charge on any atom is 0.511 e. The molecule has 4 rings (SSSR count). The van der Waals surface area contributed by atoms with Crippen LogP contribution in [-0.4, -0.2) is 27.1 Å². The van der Waals surface area contributed by atoms with E-state index in [4.69, 9.17) is 21.1 Å². The Kier molecular flexibility index (Phi) is 6.55. The van der Waals surface area contributed by atoms with Gasteiger partial charge in [0.2, 0.25) is 0 Å². The number of carboxylic acid groups (broad SMARTS) is 1. The lowest BCUT2D eigenvalue weighted by Crippen LogP contribution is -2.46. The van der Waals surface area contributed by atoms with Gasteiger partial charge >= 0.3 is 18.1 Å². The number of hydrogen-bond donors (Lipinski definition) is 2. The summed E-state index contributed by atoms with van der Waals surface area (Å²) in [4.78, 5) is 22.6. The first-order chi connectivity index (χ1) is 17.2. The van der Waals surface area contributed by atoms with E-state index in [2.05, 4.69) is 4.74 Å². The SMILES string of the molecule is CC(c1ccc(-c2ccc(F)c(OC(=O)O)c2)cc1Cl)C(O)(c1ccc2oc(=O)n(C)c2c1)C(F)(F)F. The van der Waals surface area contributed by atoms with Crippen molar-refractivity contribution in [3.05, 3.63) is 87.1 Å². The predicted octanol–water partition coefficient (Wildman–Crippen LogP) is 6.20. The van der Waals surface area contributed by atoms with E-state index in [1.54, 1.807) is 0 Å². The van der Waals surface area contributed by atoms with Gasteiger partial charge in [-0.1, -0.05) is 42.8 Å². The summed E-state index contributed by atoms with van der Waals surface area (Å²) < 4.78 is 67.5. The first-order valence-corrected chi connectivity index (χ1v) is 11.0. The van der Waals surface area contributed by atoms with Gasteiger partial charge in [0.25, 0.3) is 0 Å². The number of hydrogen-bond acceptors (Lipinski definition) is 5. The molecule has 0 radical (unpaired) electrons. The van der Waals surface area contributed by atoms with Crippen molar-refractivity contribution >= 4 is 28.9 Å². The molecule has 0 spiro atoms. The van der Waals surface area contributed by atoms with E-state index in [1.807, 2.05) is 0 Å². The Morgan fingerprint density at radius 1 is 1.08 bits per heavy atom. The number of alkyl halides is 3. The number of carbonyl (C=O) groups is 1. The molecule has 0 aliphatic rings. The lowest BCUT2D eigenvalue weighted by molar-refractivity contribution is -0.274. The molecule has 0 saturated carbocycles. The van der Waals surface area contributed by atoms with Gasteiger partial charge in [0.15, 0.2) is 22.8 Å². The molecular weight excluding hydrogens is 522 g/mol. The summed E-state index contributed by atoms with van der Waals surface area (Å²) in [6, 6.07) is 10.6. The van der Waals surface area contributed by atoms with Crippen LogP contribution in [0.25, 0.3) is 22.2 Å². The zero-order valence-electron chi connectivity index (χ0n) is 19.1. The molecule has 194 valence electrons. The Labute approximate surface area is 211 Å². The molecule has 0 aliphatic carbocycles. The van der Waals surface area contributed by atoms with Gasteiger partial charge in [-0.15, -0.1) is 0 Å². The van der Waals surface area contributed by atoms with E-state index >= 15 is 0 Å². The molecule has 4 aromatic rings. The van der Waals surface area contributed by atoms with Crippen LogP contribution in [0.15, 0.2) is 63.8 Å². The molecule has 0 fully saturated rings. The number of aryl methyl sites for hydroxylation is 1. The van der Waals surface area contributed by atoms with Crippen LogP contribution >= 0.6 is 11.6 Å². The number of halogens is 5. The van der Waals surface area contributed by atoms with Crippen molar-refractivity contribution in [3.63, 3.8) is 0 Å². The third kappa shape index (κ3) is 4.56. The van der Waals surface area contributed by atoms with Crippen LogP contribution in [0, 0.1) is 5.82 Å². The summed E-state index contributed by atoms with van der Waals surface area (Å²) in [6.45, 7) is 1.16. The second kappa shape index (κ2) is 9.24. The first kappa shape index (κ1) is 26.2. The van der Waals surface area contributed by atoms with Gasteiger partial charge in [0.05, 0.1) is 5.52 Å². The zero-order chi connectivity index (χ0) is 27.3. The van der Waals surface area contributed by atoms with Gasteiger partial charge in [-0.3, -0.25) is 4.57 Å². The molecule has 0 aliphatic heterocycles. The van der Waals surface area contributed by atoms with Gasteiger partial charge in [-0.05, 0) is 52.6 Å². The maximum atomic E-state index is 14.4. The topological polar surface area (TPSA) is 102 Å². The monoisotopic (exact) mass is 539 g/mol. The average Bonchev–Trinajstić information content (AvgIpc) is 3.11. The molecule has 12 heteroatoms. The molecule has 0 saturated heterocycles. The number of aliphatic hydroxyl groups is 1. The summed E-state index contributed by atoms with van der Waals surface area (Å²) in [5, 5.41) is 19.8. The highest BCUT2D eigenvalue weighted by Crippen LogP contribution is 2.50. The number of ether oxygens (including phenoxy) is 1. The Bertz CT molecular complexity index is 1580. The van der Waals surface area contributed by atoms with E-state index in [9.17, 15) is 32.3 Å². The van der Waals surface area contributed by atoms with E-state index in [-0.39, 0.29) is 27.2 Å². The summed E-state index contributed by atoms with van der Waals surface area (Å²) in [5.41, 5.74) is -3.23. The molecule has 37 heavy (non-hydrogen) atoms. The molecule has 2 unspecified atom stereocenters. The fourth-order valence-electron chi connectivity index (χ4n) is 4.16. The highest BCUT2D eigenvalue weighted by atomic mass is 35.5. The Balaban J connectivity index is 1.78. The number of oxazole rings is 1. The predicted molar refractivity (Wildman–Crippen MR) is 125 cm³/mol. The van der Waals surface area contributed by atoms with Crippen molar-refractivity contribution in [1.82, 2.24) is 4.57 Å². The van der Waals surface area contributed by atoms with Crippen molar-refractivity contribution in [2.24, 2.45) is 7.05 Å². The van der Waals surface area contributed by atoms with E-state index in [1.165, 1.54) is 37.4 Å². The second-order valence-electron chi connectivity index (χ2n) is 8.34. The molecule has 0 amide bonds. The van der Waals surface area contributed by atoms with Crippen molar-refractivity contribution in [1.29, 1.82) is 0 Å². The maximum absolute atomic E-state index is 14.4. The van der Waals surface area contributed by atoms with Crippen LogP contribution in [0.1, 0.15) is 24.0 Å². The largest absolute Gasteiger partial charge is 0.511 e. The van der Waals surface area contributed by atoms with Gasteiger partial charge in [0, 0.05) is 18.0 Å². The lowest BCUT2D eigenvalue weighted by atomic mass is 9.77. The summed E-state index contributed by atoms with van der Waals surface area (Å²) >= 11 is 6.36. The Morgan fingerprint density at radius 2 is 1.73 bits per heavy atom. The smallest absolute Gasteiger partial charge is 0.449 e. The van der Waals surface area contributed by atoms with Gasteiger partial charge in [0.1, 0.15) is 0 Å². The van der Waals surface area contributed by atoms with Crippen LogP contribution in [0.2, 0.25) is 5.02 Å². The lowest BCUT2D eigenvalue weighted by Gasteiger charge is -2.37. The molecular formula is C25H18ClF4NO6. The van der Waals surface area contributed by atoms with Gasteiger partial charge in [-0.2, -0.15) is 13.2 Å². The first-order valence-electron chi connectivity index (χ1n) is 10.6. The minimum absolute atomic E-state index is 0.0458. The minimum Gasteiger partial charge on any atom is -0.449 e. The van der Waals surface area contributed by atoms with Crippen molar-refractivity contribution in [3.8, 4) is 16.9 Å². The van der Waals surface area contributed by atoms with Gasteiger partial charge < -0.3 is 19.4 Å². The highest BCUT2D eigenvalue weighted by Gasteiger charge is 2.59. The number of benzene rings is 3. The molecule has 7 nitrogen and oxygen atoms in total. The summed E-state index contributed by atoms with van der Waals surface area (Å²) in [7, 11) is 1.33. The third-order valence-electron chi connectivity index (χ3n) is 6.22. The van der Waals surface area contributed by atoms with Crippen LogP contribution in [0.3, 0.4) is 0 Å². The fourth-order valence-corrected chi connectivity index (χ4v) is 4.51. The zero-order valence-corrected chi connectivity index (χ0v) is 19.9. The number of nitrogens with zero attached hydrogens (tertiary/aromatic N) is 1. The molecule has 1 aromatic heterocycles. The van der Waals surface area contributed by atoms with Crippen LogP contribution in [0.4, 0.5) is 22.4 Å². The van der Waals surface area contributed by atoms with Gasteiger partial charge in [-0.25, -0.2) is 14.0 Å². The minimum atomic E-state index is -5.15. The fraction of sp³-hybridized carbons (Fsp3) is 0.200. The van der Waals surface area contributed by atoms with Crippen LogP contribution in [0.5, 0.6) is 5.75 Å². The third-order valence-corrected chi connectivity index (χ3v) is 6.55. The molecule has 3 aromatic carbocycles. The quantitative estimate of drug-likeness (QED) is 0.178. The Morgan fingerprint density at radius 3 is 2.35 bits per heavy atom. The standard InChI is InChI=1S/C25H18ClF4NO6/c1-12(24(35,25(28,29)30)15-5-8-20-19(11-15)31(2)22(32)36-20)16-6-3-13(9-17(16)26)14-4-7-18(27)21(10-14)37-23(33)34/h3-12,35H,1-2H3,(H,33,34). The summed E-state index contributed by atoms with van der Waals surface area (Å²) in [6.07, 6.45) is -6.87. The normalized spacial score (nSPS) is 14.4. The summed E-state index contributed by atoms with van der Waals surface area (Å²) in [5.74, 6) is -3.87. The number of aromatic nitrogens is 1. The van der Waals surface area contributed by atoms with E-state index < -0.39 is 46.7 Å². The molecule has 2 atom stereocenters. The molecule has 2 N–H and O–H groups in total. The van der Waals surface area contributed by atoms with Crippen LogP contribution in [-0.2, 0) is 12.6 Å². The van der Waals surface area contributed by atoms with E-state index in [0.29, 0.717) is 5.56 Å². The second-order valence-corrected chi connectivity index (χ2v) is 8.75. The highest BCUT2D eigenvalue weighted by molar-refractivity contribution is 6.31. The average molecular weight is 540 g/mol. The van der Waals surface area contributed by atoms with Crippen molar-refractivity contribution in [2.75, 3.05) is 0 Å². The van der Waals surface area contributed by atoms with E-state index in [0.717, 1.165) is 35.8 Å². The molecule has 0 bridgehead atoms. The number of rotatable bonds is 5. The van der Waals surface area contributed by atoms with Crippen molar-refractivity contribution < 1.29 is 41.7 Å². The molecule has 1 heterocycles. The van der Waals surface area contributed by atoms with Crippen molar-refractivity contribution in [2.45, 2.75) is 24.6 Å².